The molecule has 1 amide bonds. The molecule has 1 saturated heterocycles. The van der Waals surface area contributed by atoms with Crippen LogP contribution < -0.4 is 4.74 Å². The number of rotatable bonds is 3. The molecule has 4 nitrogen and oxygen atoms in total. The minimum Gasteiger partial charge on any atom is -0.493 e. The normalized spacial score (nSPS) is 22.2. The van der Waals surface area contributed by atoms with Crippen LogP contribution in [0, 0.1) is 5.92 Å². The molecule has 2 aromatic carbocycles. The fourth-order valence-corrected chi connectivity index (χ4v) is 3.34. The summed E-state index contributed by atoms with van der Waals surface area (Å²) in [4.78, 5) is 18.4. The van der Waals surface area contributed by atoms with E-state index in [0.717, 1.165) is 17.7 Å². The van der Waals surface area contributed by atoms with Gasteiger partial charge in [0.25, 0.3) is 0 Å². The average molecular weight is 309 g/mol. The van der Waals surface area contributed by atoms with Crippen molar-refractivity contribution in [2.45, 2.75) is 18.9 Å². The number of ether oxygens (including phenoxy) is 1. The SMILES string of the molecule is O=C(CCc1ccccc1)N1OC[C@@H]2COc3ccccc3[C@@H]21. The highest BCUT2D eigenvalue weighted by atomic mass is 16.7. The molecule has 23 heavy (non-hydrogen) atoms. The van der Waals surface area contributed by atoms with E-state index in [9.17, 15) is 4.79 Å². The van der Waals surface area contributed by atoms with Crippen LogP contribution in [0.3, 0.4) is 0 Å². The molecule has 2 aliphatic rings. The van der Waals surface area contributed by atoms with Crippen molar-refractivity contribution in [3.8, 4) is 5.75 Å². The summed E-state index contributed by atoms with van der Waals surface area (Å²) in [6.45, 7) is 1.14. The van der Waals surface area contributed by atoms with Crippen molar-refractivity contribution >= 4 is 5.91 Å². The fourth-order valence-electron chi connectivity index (χ4n) is 3.34. The number of benzene rings is 2. The largest absolute Gasteiger partial charge is 0.493 e. The lowest BCUT2D eigenvalue weighted by atomic mass is 9.91. The van der Waals surface area contributed by atoms with Crippen LogP contribution in [0.4, 0.5) is 0 Å². The summed E-state index contributed by atoms with van der Waals surface area (Å²) in [5.41, 5.74) is 2.22. The van der Waals surface area contributed by atoms with Crippen molar-refractivity contribution in [3.63, 3.8) is 0 Å². The topological polar surface area (TPSA) is 38.8 Å². The number of fused-ring (bicyclic) bond motifs is 3. The predicted octanol–water partition coefficient (Wildman–Crippen LogP) is 3.14. The Balaban J connectivity index is 1.50. The van der Waals surface area contributed by atoms with Crippen LogP contribution in [0.5, 0.6) is 5.75 Å². The Labute approximate surface area is 135 Å². The van der Waals surface area contributed by atoms with Crippen LogP contribution in [0.25, 0.3) is 0 Å². The minimum absolute atomic E-state index is 0.0248. The lowest BCUT2D eigenvalue weighted by Crippen LogP contribution is -2.34. The zero-order chi connectivity index (χ0) is 15.6. The third kappa shape index (κ3) is 2.70. The van der Waals surface area contributed by atoms with Gasteiger partial charge < -0.3 is 4.74 Å². The average Bonchev–Trinajstić information content (AvgIpc) is 3.05. The monoisotopic (exact) mass is 309 g/mol. The molecule has 0 N–H and O–H groups in total. The van der Waals surface area contributed by atoms with Crippen LogP contribution in [0.15, 0.2) is 54.6 Å². The van der Waals surface area contributed by atoms with Crippen molar-refractivity contribution in [2.75, 3.05) is 13.2 Å². The molecule has 2 aliphatic heterocycles. The molecule has 0 bridgehead atoms. The minimum atomic E-state index is -0.0248. The van der Waals surface area contributed by atoms with Gasteiger partial charge in [0.2, 0.25) is 5.91 Å². The van der Waals surface area contributed by atoms with Gasteiger partial charge in [0.05, 0.1) is 19.3 Å². The number of para-hydroxylation sites is 1. The first-order valence-corrected chi connectivity index (χ1v) is 8.03. The summed E-state index contributed by atoms with van der Waals surface area (Å²) >= 11 is 0. The van der Waals surface area contributed by atoms with Crippen LogP contribution in [-0.2, 0) is 16.1 Å². The molecular formula is C19H19NO3. The molecule has 4 heteroatoms. The van der Waals surface area contributed by atoms with E-state index in [1.165, 1.54) is 5.56 Å². The van der Waals surface area contributed by atoms with E-state index in [0.29, 0.717) is 19.6 Å². The van der Waals surface area contributed by atoms with Gasteiger partial charge in [-0.25, -0.2) is 5.06 Å². The summed E-state index contributed by atoms with van der Waals surface area (Å²) in [5, 5.41) is 1.58. The van der Waals surface area contributed by atoms with Gasteiger partial charge in [0.15, 0.2) is 0 Å². The third-order valence-corrected chi connectivity index (χ3v) is 4.53. The Hall–Kier alpha value is -2.33. The Bertz CT molecular complexity index is 701. The quantitative estimate of drug-likeness (QED) is 0.874. The van der Waals surface area contributed by atoms with E-state index in [2.05, 4.69) is 0 Å². The van der Waals surface area contributed by atoms with E-state index < -0.39 is 0 Å². The first kappa shape index (κ1) is 14.3. The number of hydrogen-bond donors (Lipinski definition) is 0. The van der Waals surface area contributed by atoms with Crippen molar-refractivity contribution in [1.82, 2.24) is 5.06 Å². The summed E-state index contributed by atoms with van der Waals surface area (Å²) < 4.78 is 5.78. The fraction of sp³-hybridized carbons (Fsp3) is 0.316. The summed E-state index contributed by atoms with van der Waals surface area (Å²) in [6.07, 6.45) is 1.19. The number of hydroxylamine groups is 2. The second-order valence-corrected chi connectivity index (χ2v) is 6.05. The molecule has 2 aromatic rings. The number of aryl methyl sites for hydroxylation is 1. The second kappa shape index (κ2) is 6.05. The molecular weight excluding hydrogens is 290 g/mol. The maximum atomic E-state index is 12.6. The molecule has 2 heterocycles. The van der Waals surface area contributed by atoms with Gasteiger partial charge in [-0.2, -0.15) is 0 Å². The van der Waals surface area contributed by atoms with Crippen LogP contribution in [0.2, 0.25) is 0 Å². The van der Waals surface area contributed by atoms with Crippen molar-refractivity contribution in [1.29, 1.82) is 0 Å². The smallest absolute Gasteiger partial charge is 0.247 e. The standard InChI is InChI=1S/C19H19NO3/c21-18(11-10-14-6-2-1-3-7-14)20-19-15(13-23-20)12-22-17-9-5-4-8-16(17)19/h1-9,15,19H,10-13H2/t15-,19+/m0/s1. The highest BCUT2D eigenvalue weighted by molar-refractivity contribution is 5.76. The summed E-state index contributed by atoms with van der Waals surface area (Å²) in [5.74, 6) is 1.11. The lowest BCUT2D eigenvalue weighted by molar-refractivity contribution is -0.177. The van der Waals surface area contributed by atoms with Gasteiger partial charge in [0, 0.05) is 17.9 Å². The molecule has 0 aliphatic carbocycles. The van der Waals surface area contributed by atoms with Crippen LogP contribution in [-0.4, -0.2) is 24.2 Å². The highest BCUT2D eigenvalue weighted by Gasteiger charge is 2.43. The zero-order valence-electron chi connectivity index (χ0n) is 12.9. The Morgan fingerprint density at radius 2 is 1.83 bits per heavy atom. The molecule has 0 aromatic heterocycles. The molecule has 2 atom stereocenters. The van der Waals surface area contributed by atoms with Crippen molar-refractivity contribution in [2.24, 2.45) is 5.92 Å². The summed E-state index contributed by atoms with van der Waals surface area (Å²) in [6, 6.07) is 18.0. The Morgan fingerprint density at radius 3 is 2.70 bits per heavy atom. The molecule has 0 spiro atoms. The van der Waals surface area contributed by atoms with E-state index in [1.54, 1.807) is 5.06 Å². The van der Waals surface area contributed by atoms with E-state index in [1.807, 2.05) is 54.6 Å². The van der Waals surface area contributed by atoms with Crippen LogP contribution in [0.1, 0.15) is 23.6 Å². The number of hydrogen-bond acceptors (Lipinski definition) is 3. The first-order valence-electron chi connectivity index (χ1n) is 8.03. The van der Waals surface area contributed by atoms with E-state index in [4.69, 9.17) is 9.57 Å². The van der Waals surface area contributed by atoms with Crippen LogP contribution >= 0.6 is 0 Å². The molecule has 118 valence electrons. The Morgan fingerprint density at radius 1 is 1.04 bits per heavy atom. The van der Waals surface area contributed by atoms with E-state index in [-0.39, 0.29) is 17.9 Å². The maximum Gasteiger partial charge on any atom is 0.247 e. The zero-order valence-corrected chi connectivity index (χ0v) is 12.9. The molecule has 1 fully saturated rings. The molecule has 0 unspecified atom stereocenters. The van der Waals surface area contributed by atoms with Gasteiger partial charge in [-0.3, -0.25) is 9.63 Å². The molecule has 4 rings (SSSR count). The van der Waals surface area contributed by atoms with Gasteiger partial charge in [0.1, 0.15) is 5.75 Å². The van der Waals surface area contributed by atoms with Crippen molar-refractivity contribution < 1.29 is 14.4 Å². The predicted molar refractivity (Wildman–Crippen MR) is 85.7 cm³/mol. The Kier molecular flexibility index (Phi) is 3.75. The lowest BCUT2D eigenvalue weighted by Gasteiger charge is -2.31. The highest BCUT2D eigenvalue weighted by Crippen LogP contribution is 2.43. The van der Waals surface area contributed by atoms with Crippen molar-refractivity contribution in [3.05, 3.63) is 65.7 Å². The number of carbonyl (C=O) groups is 1. The van der Waals surface area contributed by atoms with Gasteiger partial charge in [-0.15, -0.1) is 0 Å². The summed E-state index contributed by atoms with van der Waals surface area (Å²) in [7, 11) is 0. The first-order chi connectivity index (χ1) is 11.3. The maximum absolute atomic E-state index is 12.6. The molecule has 0 radical (unpaired) electrons. The third-order valence-electron chi connectivity index (χ3n) is 4.53. The number of carbonyl (C=O) groups excluding carboxylic acids is 1. The number of amides is 1. The van der Waals surface area contributed by atoms with Gasteiger partial charge >= 0.3 is 0 Å². The number of nitrogens with zero attached hydrogens (tertiary/aromatic N) is 1. The van der Waals surface area contributed by atoms with Gasteiger partial charge in [-0.1, -0.05) is 48.5 Å². The van der Waals surface area contributed by atoms with E-state index >= 15 is 0 Å². The van der Waals surface area contributed by atoms with Gasteiger partial charge in [-0.05, 0) is 18.1 Å². The molecule has 0 saturated carbocycles. The second-order valence-electron chi connectivity index (χ2n) is 6.05.